The zero-order valence-electron chi connectivity index (χ0n) is 12.2. The molecule has 0 heterocycles. The van der Waals surface area contributed by atoms with Crippen LogP contribution in [0.2, 0.25) is 0 Å². The van der Waals surface area contributed by atoms with Crippen LogP contribution >= 0.6 is 11.8 Å². The smallest absolute Gasteiger partial charge is 0.0105 e. The maximum atomic E-state index is 6.09. The molecule has 0 radical (unpaired) electrons. The third-order valence-corrected chi connectivity index (χ3v) is 4.32. The number of rotatable bonds is 7. The van der Waals surface area contributed by atoms with Crippen LogP contribution in [0.5, 0.6) is 0 Å². The van der Waals surface area contributed by atoms with E-state index in [4.69, 9.17) is 5.73 Å². The second-order valence-corrected chi connectivity index (χ2v) is 6.65. The average Bonchev–Trinajstić information content (AvgIpc) is 2.31. The van der Waals surface area contributed by atoms with Crippen molar-refractivity contribution in [1.29, 1.82) is 0 Å². The number of aryl methyl sites for hydroxylation is 1. The SMILES string of the molecule is CCC(N)Cc1cc(C)ccc1SCCC(C)C. The topological polar surface area (TPSA) is 26.0 Å². The number of hydrogen-bond acceptors (Lipinski definition) is 2. The lowest BCUT2D eigenvalue weighted by Gasteiger charge is -2.14. The summed E-state index contributed by atoms with van der Waals surface area (Å²) in [6, 6.07) is 7.06. The molecule has 2 heteroatoms. The second-order valence-electron chi connectivity index (χ2n) is 5.51. The van der Waals surface area contributed by atoms with E-state index in [2.05, 4.69) is 45.9 Å². The van der Waals surface area contributed by atoms with Crippen LogP contribution in [0.3, 0.4) is 0 Å². The molecule has 1 aromatic rings. The summed E-state index contributed by atoms with van der Waals surface area (Å²) < 4.78 is 0. The predicted molar refractivity (Wildman–Crippen MR) is 83.3 cm³/mol. The van der Waals surface area contributed by atoms with Crippen molar-refractivity contribution >= 4 is 11.8 Å². The monoisotopic (exact) mass is 265 g/mol. The molecule has 1 rings (SSSR count). The van der Waals surface area contributed by atoms with Gasteiger partial charge in [-0.2, -0.15) is 0 Å². The molecule has 1 nitrogen and oxygen atoms in total. The zero-order valence-corrected chi connectivity index (χ0v) is 13.0. The van der Waals surface area contributed by atoms with Gasteiger partial charge in [-0.05, 0) is 49.5 Å². The third-order valence-electron chi connectivity index (χ3n) is 3.18. The number of thioether (sulfide) groups is 1. The highest BCUT2D eigenvalue weighted by Crippen LogP contribution is 2.26. The van der Waals surface area contributed by atoms with Gasteiger partial charge in [0.1, 0.15) is 0 Å². The van der Waals surface area contributed by atoms with Gasteiger partial charge in [0.25, 0.3) is 0 Å². The van der Waals surface area contributed by atoms with Crippen LogP contribution in [0.25, 0.3) is 0 Å². The first kappa shape index (κ1) is 15.6. The molecule has 0 bridgehead atoms. The summed E-state index contributed by atoms with van der Waals surface area (Å²) in [6.45, 7) is 8.88. The van der Waals surface area contributed by atoms with E-state index >= 15 is 0 Å². The van der Waals surface area contributed by atoms with Gasteiger partial charge < -0.3 is 5.73 Å². The molecule has 0 aliphatic heterocycles. The molecule has 1 aromatic carbocycles. The fourth-order valence-electron chi connectivity index (χ4n) is 1.84. The molecule has 0 aromatic heterocycles. The summed E-state index contributed by atoms with van der Waals surface area (Å²) in [4.78, 5) is 1.42. The summed E-state index contributed by atoms with van der Waals surface area (Å²) >= 11 is 1.98. The van der Waals surface area contributed by atoms with Crippen LogP contribution in [0.1, 0.15) is 44.7 Å². The fraction of sp³-hybridized carbons (Fsp3) is 0.625. The lowest BCUT2D eigenvalue weighted by atomic mass is 10.0. The predicted octanol–water partition coefficient (Wildman–Crippen LogP) is 4.41. The highest BCUT2D eigenvalue weighted by Gasteiger charge is 2.08. The minimum atomic E-state index is 0.288. The Hall–Kier alpha value is -0.470. The largest absolute Gasteiger partial charge is 0.327 e. The quantitative estimate of drug-likeness (QED) is 0.739. The van der Waals surface area contributed by atoms with Crippen LogP contribution in [0.4, 0.5) is 0 Å². The number of hydrogen-bond donors (Lipinski definition) is 1. The van der Waals surface area contributed by atoms with Gasteiger partial charge >= 0.3 is 0 Å². The lowest BCUT2D eigenvalue weighted by molar-refractivity contribution is 0.630. The summed E-state index contributed by atoms with van der Waals surface area (Å²) in [7, 11) is 0. The van der Waals surface area contributed by atoms with Crippen LogP contribution < -0.4 is 5.73 Å². The average molecular weight is 265 g/mol. The van der Waals surface area contributed by atoms with Crippen LogP contribution in [-0.2, 0) is 6.42 Å². The minimum Gasteiger partial charge on any atom is -0.327 e. The maximum Gasteiger partial charge on any atom is 0.0105 e. The lowest BCUT2D eigenvalue weighted by Crippen LogP contribution is -2.21. The molecule has 0 aliphatic rings. The van der Waals surface area contributed by atoms with Gasteiger partial charge in [-0.25, -0.2) is 0 Å². The Morgan fingerprint density at radius 1 is 1.28 bits per heavy atom. The summed E-state index contributed by atoms with van der Waals surface area (Å²) in [5.41, 5.74) is 8.86. The summed E-state index contributed by atoms with van der Waals surface area (Å²) in [5, 5.41) is 0. The number of benzene rings is 1. The first-order chi connectivity index (χ1) is 8.52. The standard InChI is InChI=1S/C16H27NS/c1-5-15(17)11-14-10-13(4)6-7-16(14)18-9-8-12(2)3/h6-7,10,12,15H,5,8-9,11,17H2,1-4H3. The van der Waals surface area contributed by atoms with Gasteiger partial charge in [0.2, 0.25) is 0 Å². The van der Waals surface area contributed by atoms with E-state index in [1.54, 1.807) is 0 Å². The van der Waals surface area contributed by atoms with Gasteiger partial charge in [0, 0.05) is 10.9 Å². The number of nitrogens with two attached hydrogens (primary N) is 1. The molecule has 1 unspecified atom stereocenters. The Morgan fingerprint density at radius 3 is 2.61 bits per heavy atom. The van der Waals surface area contributed by atoms with Crippen molar-refractivity contribution in [2.24, 2.45) is 11.7 Å². The highest BCUT2D eigenvalue weighted by molar-refractivity contribution is 7.99. The van der Waals surface area contributed by atoms with E-state index in [-0.39, 0.29) is 6.04 Å². The van der Waals surface area contributed by atoms with Gasteiger partial charge in [-0.1, -0.05) is 38.5 Å². The van der Waals surface area contributed by atoms with E-state index in [1.165, 1.54) is 28.2 Å². The van der Waals surface area contributed by atoms with Crippen LogP contribution in [-0.4, -0.2) is 11.8 Å². The fourth-order valence-corrected chi connectivity index (χ4v) is 3.14. The van der Waals surface area contributed by atoms with E-state index < -0.39 is 0 Å². The molecule has 0 fully saturated rings. The molecule has 0 aliphatic carbocycles. The van der Waals surface area contributed by atoms with Crippen molar-refractivity contribution in [3.8, 4) is 0 Å². The Morgan fingerprint density at radius 2 is 2.00 bits per heavy atom. The highest BCUT2D eigenvalue weighted by atomic mass is 32.2. The van der Waals surface area contributed by atoms with Gasteiger partial charge in [-0.15, -0.1) is 11.8 Å². The van der Waals surface area contributed by atoms with Crippen molar-refractivity contribution in [2.75, 3.05) is 5.75 Å². The van der Waals surface area contributed by atoms with Crippen molar-refractivity contribution in [1.82, 2.24) is 0 Å². The van der Waals surface area contributed by atoms with Gasteiger partial charge in [-0.3, -0.25) is 0 Å². The molecule has 0 saturated carbocycles. The molecule has 1 atom stereocenters. The Balaban J connectivity index is 2.70. The Kier molecular flexibility index (Phi) is 6.80. The third kappa shape index (κ3) is 5.45. The van der Waals surface area contributed by atoms with Crippen molar-refractivity contribution in [3.63, 3.8) is 0 Å². The molecule has 2 N–H and O–H groups in total. The normalized spacial score (nSPS) is 13.0. The molecule has 18 heavy (non-hydrogen) atoms. The van der Waals surface area contributed by atoms with E-state index in [0.29, 0.717) is 0 Å². The molecule has 0 spiro atoms. The van der Waals surface area contributed by atoms with Crippen LogP contribution in [0, 0.1) is 12.8 Å². The Labute approximate surface area is 117 Å². The van der Waals surface area contributed by atoms with Crippen molar-refractivity contribution in [2.45, 2.75) is 57.9 Å². The molecular weight excluding hydrogens is 238 g/mol. The van der Waals surface area contributed by atoms with Gasteiger partial charge in [0.15, 0.2) is 0 Å². The van der Waals surface area contributed by atoms with Crippen molar-refractivity contribution in [3.05, 3.63) is 29.3 Å². The van der Waals surface area contributed by atoms with Crippen LogP contribution in [0.15, 0.2) is 23.1 Å². The minimum absolute atomic E-state index is 0.288. The molecular formula is C16H27NS. The summed E-state index contributed by atoms with van der Waals surface area (Å²) in [5.74, 6) is 1.99. The van der Waals surface area contributed by atoms with Gasteiger partial charge in [0.05, 0.1) is 0 Å². The Bertz CT molecular complexity index is 360. The zero-order chi connectivity index (χ0) is 13.5. The first-order valence-corrected chi connectivity index (χ1v) is 7.99. The summed E-state index contributed by atoms with van der Waals surface area (Å²) in [6.07, 6.45) is 3.32. The van der Waals surface area contributed by atoms with E-state index in [9.17, 15) is 0 Å². The molecule has 0 amide bonds. The van der Waals surface area contributed by atoms with E-state index in [1.807, 2.05) is 11.8 Å². The first-order valence-electron chi connectivity index (χ1n) is 7.00. The molecule has 102 valence electrons. The second kappa shape index (κ2) is 7.85. The molecule has 0 saturated heterocycles. The van der Waals surface area contributed by atoms with E-state index in [0.717, 1.165) is 18.8 Å². The maximum absolute atomic E-state index is 6.09. The van der Waals surface area contributed by atoms with Crippen molar-refractivity contribution < 1.29 is 0 Å².